The lowest BCUT2D eigenvalue weighted by Crippen LogP contribution is -2.52. The molecule has 1 amide bonds. The molecule has 0 aromatic heterocycles. The summed E-state index contributed by atoms with van der Waals surface area (Å²) in [6, 6.07) is 0.324. The summed E-state index contributed by atoms with van der Waals surface area (Å²) in [6.45, 7) is 7.80. The van der Waals surface area contributed by atoms with Crippen molar-refractivity contribution < 1.29 is 14.7 Å². The Morgan fingerprint density at radius 2 is 1.94 bits per heavy atom. The van der Waals surface area contributed by atoms with Crippen molar-refractivity contribution >= 4 is 11.9 Å². The molecular weight excluding hydrogens is 208 g/mol. The maximum absolute atomic E-state index is 11.5. The van der Waals surface area contributed by atoms with Gasteiger partial charge in [0.15, 0.2) is 0 Å². The van der Waals surface area contributed by atoms with Crippen molar-refractivity contribution in [2.75, 3.05) is 6.54 Å². The van der Waals surface area contributed by atoms with Crippen LogP contribution in [-0.2, 0) is 9.59 Å². The third-order valence-electron chi connectivity index (χ3n) is 2.50. The Morgan fingerprint density at radius 3 is 2.31 bits per heavy atom. The van der Waals surface area contributed by atoms with Crippen molar-refractivity contribution in [2.24, 2.45) is 0 Å². The summed E-state index contributed by atoms with van der Waals surface area (Å²) in [7, 11) is 0. The first-order valence-electron chi connectivity index (χ1n) is 5.59. The smallest absolute Gasteiger partial charge is 0.329 e. The van der Waals surface area contributed by atoms with Gasteiger partial charge in [-0.3, -0.25) is 4.79 Å². The van der Waals surface area contributed by atoms with Crippen LogP contribution < -0.4 is 10.6 Å². The first-order chi connectivity index (χ1) is 7.31. The van der Waals surface area contributed by atoms with Crippen LogP contribution in [0.5, 0.6) is 0 Å². The number of hydrogen-bond donors (Lipinski definition) is 3. The van der Waals surface area contributed by atoms with Crippen LogP contribution in [0.1, 0.15) is 40.5 Å². The van der Waals surface area contributed by atoms with Gasteiger partial charge in [0.1, 0.15) is 5.54 Å². The molecule has 94 valence electrons. The summed E-state index contributed by atoms with van der Waals surface area (Å²) in [5, 5.41) is 14.6. The second-order valence-corrected chi connectivity index (χ2v) is 4.40. The Hall–Kier alpha value is -1.10. The molecule has 0 heterocycles. The Morgan fingerprint density at radius 1 is 1.38 bits per heavy atom. The highest BCUT2D eigenvalue weighted by atomic mass is 16.4. The molecule has 0 aliphatic heterocycles. The normalized spacial score (nSPS) is 14.6. The summed E-state index contributed by atoms with van der Waals surface area (Å²) < 4.78 is 0. The number of carboxylic acid groups (broad SMARTS) is 1. The van der Waals surface area contributed by atoms with E-state index in [0.717, 1.165) is 0 Å². The number of amides is 1. The van der Waals surface area contributed by atoms with E-state index in [1.165, 1.54) is 6.92 Å². The van der Waals surface area contributed by atoms with Crippen molar-refractivity contribution in [3.8, 4) is 0 Å². The number of carbonyl (C=O) groups is 2. The van der Waals surface area contributed by atoms with Gasteiger partial charge in [-0.05, 0) is 13.3 Å². The molecule has 0 aliphatic carbocycles. The maximum Gasteiger partial charge on any atom is 0.329 e. The van der Waals surface area contributed by atoms with Gasteiger partial charge in [0, 0.05) is 19.0 Å². The Bertz CT molecular complexity index is 254. The molecule has 1 atom stereocenters. The van der Waals surface area contributed by atoms with Crippen molar-refractivity contribution in [2.45, 2.75) is 52.1 Å². The van der Waals surface area contributed by atoms with Gasteiger partial charge in [-0.2, -0.15) is 0 Å². The van der Waals surface area contributed by atoms with Gasteiger partial charge in [0.2, 0.25) is 5.91 Å². The minimum absolute atomic E-state index is 0.236. The Kier molecular flexibility index (Phi) is 6.03. The van der Waals surface area contributed by atoms with E-state index in [9.17, 15) is 9.59 Å². The SMILES string of the molecule is CCC(C)(NC(=O)CCNC(C)C)C(=O)O. The second-order valence-electron chi connectivity index (χ2n) is 4.40. The van der Waals surface area contributed by atoms with Gasteiger partial charge in [0.25, 0.3) is 0 Å². The van der Waals surface area contributed by atoms with Crippen LogP contribution in [0.25, 0.3) is 0 Å². The minimum atomic E-state index is -1.16. The molecule has 0 bridgehead atoms. The lowest BCUT2D eigenvalue weighted by atomic mass is 9.99. The third-order valence-corrected chi connectivity index (χ3v) is 2.50. The molecule has 0 rings (SSSR count). The number of nitrogens with one attached hydrogen (secondary N) is 2. The second kappa shape index (κ2) is 6.48. The predicted molar refractivity (Wildman–Crippen MR) is 62.2 cm³/mol. The summed E-state index contributed by atoms with van der Waals surface area (Å²) in [6.07, 6.45) is 0.659. The van der Waals surface area contributed by atoms with E-state index >= 15 is 0 Å². The Labute approximate surface area is 96.6 Å². The van der Waals surface area contributed by atoms with Crippen molar-refractivity contribution in [1.29, 1.82) is 0 Å². The van der Waals surface area contributed by atoms with Crippen molar-refractivity contribution in [3.05, 3.63) is 0 Å². The van der Waals surface area contributed by atoms with Crippen LogP contribution in [-0.4, -0.2) is 35.1 Å². The maximum atomic E-state index is 11.5. The number of carboxylic acids is 1. The highest BCUT2D eigenvalue weighted by Crippen LogP contribution is 2.09. The molecule has 0 aromatic rings. The third kappa shape index (κ3) is 5.11. The highest BCUT2D eigenvalue weighted by molar-refractivity contribution is 5.86. The summed E-state index contributed by atoms with van der Waals surface area (Å²) >= 11 is 0. The number of carbonyl (C=O) groups excluding carboxylic acids is 1. The van der Waals surface area contributed by atoms with Crippen LogP contribution in [0, 0.1) is 0 Å². The van der Waals surface area contributed by atoms with E-state index in [1.54, 1.807) is 6.92 Å². The van der Waals surface area contributed by atoms with Gasteiger partial charge in [-0.15, -0.1) is 0 Å². The van der Waals surface area contributed by atoms with E-state index in [-0.39, 0.29) is 5.91 Å². The van der Waals surface area contributed by atoms with Crippen LogP contribution in [0.2, 0.25) is 0 Å². The monoisotopic (exact) mass is 230 g/mol. The molecule has 0 fully saturated rings. The minimum Gasteiger partial charge on any atom is -0.480 e. The average Bonchev–Trinajstić information content (AvgIpc) is 2.16. The number of hydrogen-bond acceptors (Lipinski definition) is 3. The first kappa shape index (κ1) is 14.9. The largest absolute Gasteiger partial charge is 0.480 e. The highest BCUT2D eigenvalue weighted by Gasteiger charge is 2.32. The summed E-state index contributed by atoms with van der Waals surface area (Å²) in [5.74, 6) is -1.24. The van der Waals surface area contributed by atoms with E-state index < -0.39 is 11.5 Å². The molecule has 5 nitrogen and oxygen atoms in total. The van der Waals surface area contributed by atoms with E-state index in [4.69, 9.17) is 5.11 Å². The molecular formula is C11H22N2O3. The lowest BCUT2D eigenvalue weighted by Gasteiger charge is -2.24. The lowest BCUT2D eigenvalue weighted by molar-refractivity contribution is -0.147. The average molecular weight is 230 g/mol. The molecule has 3 N–H and O–H groups in total. The zero-order chi connectivity index (χ0) is 12.8. The molecule has 0 aromatic carbocycles. The van der Waals surface area contributed by atoms with E-state index in [1.807, 2.05) is 13.8 Å². The molecule has 0 radical (unpaired) electrons. The van der Waals surface area contributed by atoms with Crippen LogP contribution in [0.4, 0.5) is 0 Å². The van der Waals surface area contributed by atoms with Gasteiger partial charge >= 0.3 is 5.97 Å². The molecule has 1 unspecified atom stereocenters. The number of aliphatic carboxylic acids is 1. The van der Waals surface area contributed by atoms with Crippen molar-refractivity contribution in [3.63, 3.8) is 0 Å². The fourth-order valence-electron chi connectivity index (χ4n) is 1.14. The standard InChI is InChI=1S/C11H22N2O3/c1-5-11(4,10(15)16)13-9(14)6-7-12-8(2)3/h8,12H,5-7H2,1-4H3,(H,13,14)(H,15,16). The molecule has 0 aliphatic rings. The van der Waals surface area contributed by atoms with Crippen LogP contribution >= 0.6 is 0 Å². The predicted octanol–water partition coefficient (Wildman–Crippen LogP) is 0.744. The van der Waals surface area contributed by atoms with Gasteiger partial charge < -0.3 is 15.7 Å². The fourth-order valence-corrected chi connectivity index (χ4v) is 1.14. The molecule has 5 heteroatoms. The number of rotatable bonds is 7. The van der Waals surface area contributed by atoms with Crippen LogP contribution in [0.15, 0.2) is 0 Å². The molecule has 16 heavy (non-hydrogen) atoms. The summed E-state index contributed by atoms with van der Waals surface area (Å²) in [4.78, 5) is 22.4. The zero-order valence-electron chi connectivity index (χ0n) is 10.5. The van der Waals surface area contributed by atoms with Gasteiger partial charge in [-0.25, -0.2) is 4.79 Å². The summed E-state index contributed by atoms with van der Waals surface area (Å²) in [5.41, 5.74) is -1.16. The van der Waals surface area contributed by atoms with E-state index in [0.29, 0.717) is 25.4 Å². The van der Waals surface area contributed by atoms with Gasteiger partial charge in [-0.1, -0.05) is 20.8 Å². The van der Waals surface area contributed by atoms with Gasteiger partial charge in [0.05, 0.1) is 0 Å². The molecule has 0 spiro atoms. The zero-order valence-corrected chi connectivity index (χ0v) is 10.5. The molecule has 0 saturated carbocycles. The topological polar surface area (TPSA) is 78.4 Å². The van der Waals surface area contributed by atoms with E-state index in [2.05, 4.69) is 10.6 Å². The van der Waals surface area contributed by atoms with Crippen molar-refractivity contribution in [1.82, 2.24) is 10.6 Å². The first-order valence-corrected chi connectivity index (χ1v) is 5.59. The Balaban J connectivity index is 4.07. The van der Waals surface area contributed by atoms with Crippen LogP contribution in [0.3, 0.4) is 0 Å². The fraction of sp³-hybridized carbons (Fsp3) is 0.818. The molecule has 0 saturated heterocycles. The quantitative estimate of drug-likeness (QED) is 0.603.